The normalized spacial score (nSPS) is 17.4. The average molecular weight is 346 g/mol. The fourth-order valence-corrected chi connectivity index (χ4v) is 3.53. The number of hydrogen-bond donors (Lipinski definition) is 0. The van der Waals surface area contributed by atoms with Crippen LogP contribution in [0.4, 0.5) is 0 Å². The number of thiocarbonyl (C=S) groups is 1. The fraction of sp³-hybridized carbons (Fsp3) is 0.286. The topological polar surface area (TPSA) is 20.3 Å². The van der Waals surface area contributed by atoms with Crippen LogP contribution in [0.1, 0.15) is 25.3 Å². The van der Waals surface area contributed by atoms with Gasteiger partial charge in [-0.15, -0.1) is 0 Å². The molecule has 0 atom stereocenters. The van der Waals surface area contributed by atoms with E-state index in [4.69, 9.17) is 35.4 Å². The van der Waals surface area contributed by atoms with E-state index in [2.05, 4.69) is 6.92 Å². The molecular weight excluding hydrogens is 333 g/mol. The number of benzene rings is 1. The molecule has 1 aromatic carbocycles. The number of thioether (sulfide) groups is 1. The first-order chi connectivity index (χ1) is 9.52. The summed E-state index contributed by atoms with van der Waals surface area (Å²) in [5.41, 5.74) is 0.770. The first-order valence-electron chi connectivity index (χ1n) is 6.23. The Hall–Kier alpha value is -0.550. The van der Waals surface area contributed by atoms with Crippen LogP contribution in [0, 0.1) is 0 Å². The largest absolute Gasteiger partial charge is 0.293 e. The molecule has 20 heavy (non-hydrogen) atoms. The molecule has 2 nitrogen and oxygen atoms in total. The van der Waals surface area contributed by atoms with Crippen LogP contribution in [0.3, 0.4) is 0 Å². The summed E-state index contributed by atoms with van der Waals surface area (Å²) in [5.74, 6) is -0.0422. The number of halogens is 2. The van der Waals surface area contributed by atoms with Crippen LogP contribution in [-0.2, 0) is 4.79 Å². The first kappa shape index (κ1) is 15.8. The Morgan fingerprint density at radius 3 is 2.80 bits per heavy atom. The maximum atomic E-state index is 12.3. The van der Waals surface area contributed by atoms with Crippen LogP contribution < -0.4 is 0 Å². The predicted octanol–water partition coefficient (Wildman–Crippen LogP) is 4.99. The van der Waals surface area contributed by atoms with Crippen molar-refractivity contribution in [1.82, 2.24) is 4.90 Å². The zero-order chi connectivity index (χ0) is 14.7. The molecule has 1 aliphatic heterocycles. The summed E-state index contributed by atoms with van der Waals surface area (Å²) in [6.45, 7) is 2.76. The molecule has 0 N–H and O–H groups in total. The number of nitrogens with zero attached hydrogens (tertiary/aromatic N) is 1. The van der Waals surface area contributed by atoms with Crippen LogP contribution in [0.25, 0.3) is 6.08 Å². The number of carbonyl (C=O) groups excluding carboxylic acids is 1. The van der Waals surface area contributed by atoms with Crippen molar-refractivity contribution in [2.75, 3.05) is 6.54 Å². The summed E-state index contributed by atoms with van der Waals surface area (Å²) in [6.07, 6.45) is 3.74. The number of unbranched alkanes of at least 4 members (excludes halogenated alkanes) is 1. The molecule has 1 saturated heterocycles. The van der Waals surface area contributed by atoms with Gasteiger partial charge < -0.3 is 0 Å². The van der Waals surface area contributed by atoms with Crippen molar-refractivity contribution in [2.24, 2.45) is 0 Å². The molecular formula is C14H13Cl2NOS2. The summed E-state index contributed by atoms with van der Waals surface area (Å²) in [4.78, 5) is 14.5. The Morgan fingerprint density at radius 2 is 2.15 bits per heavy atom. The maximum Gasteiger partial charge on any atom is 0.266 e. The molecule has 6 heteroatoms. The van der Waals surface area contributed by atoms with Gasteiger partial charge in [0.1, 0.15) is 4.32 Å². The molecule has 106 valence electrons. The third-order valence-electron chi connectivity index (χ3n) is 2.86. The molecule has 1 aliphatic rings. The molecule has 0 aliphatic carbocycles. The lowest BCUT2D eigenvalue weighted by molar-refractivity contribution is -0.122. The highest BCUT2D eigenvalue weighted by Gasteiger charge is 2.31. The molecule has 1 heterocycles. The molecule has 0 saturated carbocycles. The van der Waals surface area contributed by atoms with Crippen molar-refractivity contribution in [1.29, 1.82) is 0 Å². The van der Waals surface area contributed by atoms with Crippen molar-refractivity contribution in [3.8, 4) is 0 Å². The Labute approximate surface area is 138 Å². The molecule has 0 radical (unpaired) electrons. The van der Waals surface area contributed by atoms with Gasteiger partial charge in [0, 0.05) is 16.6 Å². The van der Waals surface area contributed by atoms with Gasteiger partial charge in [0.15, 0.2) is 0 Å². The third-order valence-corrected chi connectivity index (χ3v) is 4.80. The van der Waals surface area contributed by atoms with Crippen LogP contribution in [-0.4, -0.2) is 21.7 Å². The van der Waals surface area contributed by atoms with Crippen LogP contribution in [0.15, 0.2) is 23.1 Å². The lowest BCUT2D eigenvalue weighted by Crippen LogP contribution is -2.28. The zero-order valence-electron chi connectivity index (χ0n) is 10.9. The Morgan fingerprint density at radius 1 is 1.40 bits per heavy atom. The minimum atomic E-state index is -0.0422. The highest BCUT2D eigenvalue weighted by atomic mass is 35.5. The molecule has 1 amide bonds. The minimum absolute atomic E-state index is 0.0422. The maximum absolute atomic E-state index is 12.3. The number of rotatable bonds is 4. The quantitative estimate of drug-likeness (QED) is 0.566. The number of hydrogen-bond acceptors (Lipinski definition) is 3. The molecule has 0 bridgehead atoms. The molecule has 1 aromatic rings. The fourth-order valence-electron chi connectivity index (χ4n) is 1.77. The second-order valence-corrected chi connectivity index (χ2v) is 6.87. The van der Waals surface area contributed by atoms with Crippen molar-refractivity contribution in [3.63, 3.8) is 0 Å². The van der Waals surface area contributed by atoms with E-state index in [9.17, 15) is 4.79 Å². The summed E-state index contributed by atoms with van der Waals surface area (Å²) >= 11 is 18.5. The van der Waals surface area contributed by atoms with Gasteiger partial charge in [-0.25, -0.2) is 0 Å². The van der Waals surface area contributed by atoms with Gasteiger partial charge in [0.05, 0.1) is 4.91 Å². The SMILES string of the molecule is CCCCN1C(=O)/C(=C/c2ccc(Cl)cc2Cl)SC1=S. The van der Waals surface area contributed by atoms with Crippen molar-refractivity contribution >= 4 is 63.5 Å². The van der Waals surface area contributed by atoms with E-state index in [-0.39, 0.29) is 5.91 Å². The standard InChI is InChI=1S/C14H13Cl2NOS2/c1-2-3-6-17-13(18)12(20-14(17)19)7-9-4-5-10(15)8-11(9)16/h4-5,7-8H,2-3,6H2,1H3/b12-7-. The van der Waals surface area contributed by atoms with E-state index in [0.29, 0.717) is 25.8 Å². The summed E-state index contributed by atoms with van der Waals surface area (Å²) < 4.78 is 0.611. The van der Waals surface area contributed by atoms with Gasteiger partial charge in [-0.05, 0) is 30.2 Å². The second-order valence-electron chi connectivity index (χ2n) is 4.35. The zero-order valence-corrected chi connectivity index (χ0v) is 14.0. The van der Waals surface area contributed by atoms with E-state index in [1.807, 2.05) is 0 Å². The monoisotopic (exact) mass is 345 g/mol. The van der Waals surface area contributed by atoms with Gasteiger partial charge in [-0.1, -0.05) is 66.6 Å². The Kier molecular flexibility index (Phi) is 5.49. The Bertz CT molecular complexity index is 587. The smallest absolute Gasteiger partial charge is 0.266 e. The van der Waals surface area contributed by atoms with E-state index in [0.717, 1.165) is 18.4 Å². The van der Waals surface area contributed by atoms with Crippen LogP contribution in [0.2, 0.25) is 10.0 Å². The lowest BCUT2D eigenvalue weighted by atomic mass is 10.2. The minimum Gasteiger partial charge on any atom is -0.293 e. The van der Waals surface area contributed by atoms with E-state index in [1.165, 1.54) is 11.8 Å². The van der Waals surface area contributed by atoms with Gasteiger partial charge in [0.25, 0.3) is 5.91 Å². The highest BCUT2D eigenvalue weighted by Crippen LogP contribution is 2.34. The van der Waals surface area contributed by atoms with E-state index >= 15 is 0 Å². The number of amides is 1. The van der Waals surface area contributed by atoms with Gasteiger partial charge in [-0.2, -0.15) is 0 Å². The molecule has 0 aromatic heterocycles. The van der Waals surface area contributed by atoms with Gasteiger partial charge in [0.2, 0.25) is 0 Å². The summed E-state index contributed by atoms with van der Waals surface area (Å²) in [6, 6.07) is 5.20. The predicted molar refractivity (Wildman–Crippen MR) is 91.2 cm³/mol. The van der Waals surface area contributed by atoms with Crippen molar-refractivity contribution < 1.29 is 4.79 Å². The molecule has 2 rings (SSSR count). The molecule has 0 spiro atoms. The highest BCUT2D eigenvalue weighted by molar-refractivity contribution is 8.26. The Balaban J connectivity index is 2.23. The molecule has 0 unspecified atom stereocenters. The van der Waals surface area contributed by atoms with Crippen LogP contribution >= 0.6 is 47.2 Å². The first-order valence-corrected chi connectivity index (χ1v) is 8.21. The number of carbonyl (C=O) groups is 1. The lowest BCUT2D eigenvalue weighted by Gasteiger charge is -2.13. The van der Waals surface area contributed by atoms with Crippen molar-refractivity contribution in [3.05, 3.63) is 38.7 Å². The summed E-state index contributed by atoms with van der Waals surface area (Å²) in [5, 5.41) is 1.10. The average Bonchev–Trinajstić information content (AvgIpc) is 2.66. The summed E-state index contributed by atoms with van der Waals surface area (Å²) in [7, 11) is 0. The second kappa shape index (κ2) is 6.94. The van der Waals surface area contributed by atoms with E-state index < -0.39 is 0 Å². The van der Waals surface area contributed by atoms with Crippen molar-refractivity contribution in [2.45, 2.75) is 19.8 Å². The van der Waals surface area contributed by atoms with Crippen LogP contribution in [0.5, 0.6) is 0 Å². The van der Waals surface area contributed by atoms with Gasteiger partial charge in [-0.3, -0.25) is 9.69 Å². The molecule has 1 fully saturated rings. The van der Waals surface area contributed by atoms with Gasteiger partial charge >= 0.3 is 0 Å². The van der Waals surface area contributed by atoms with E-state index in [1.54, 1.807) is 29.2 Å². The third kappa shape index (κ3) is 3.55.